The van der Waals surface area contributed by atoms with Gasteiger partial charge in [-0.15, -0.1) is 0 Å². The van der Waals surface area contributed by atoms with Crippen LogP contribution in [0.3, 0.4) is 0 Å². The molecule has 0 aromatic heterocycles. The van der Waals surface area contributed by atoms with Gasteiger partial charge in [0.1, 0.15) is 5.75 Å². The number of esters is 1. The second-order valence-electron chi connectivity index (χ2n) is 5.82. The molecule has 0 fully saturated rings. The molecule has 1 amide bonds. The van der Waals surface area contributed by atoms with E-state index in [0.29, 0.717) is 36.6 Å². The van der Waals surface area contributed by atoms with Crippen LogP contribution in [0, 0.1) is 11.3 Å². The van der Waals surface area contributed by atoms with Crippen molar-refractivity contribution in [2.75, 3.05) is 25.6 Å². The molecule has 7 nitrogen and oxygen atoms in total. The minimum absolute atomic E-state index is 0.305. The van der Waals surface area contributed by atoms with Crippen LogP contribution in [0.25, 0.3) is 0 Å². The lowest BCUT2D eigenvalue weighted by Gasteiger charge is -2.11. The van der Waals surface area contributed by atoms with Gasteiger partial charge in [0.25, 0.3) is 5.91 Å². The van der Waals surface area contributed by atoms with E-state index in [9.17, 15) is 9.59 Å². The highest BCUT2D eigenvalue weighted by molar-refractivity contribution is 5.95. The van der Waals surface area contributed by atoms with Crippen molar-refractivity contribution in [3.8, 4) is 11.8 Å². The number of nitrogens with zero attached hydrogens (tertiary/aromatic N) is 1. The van der Waals surface area contributed by atoms with Crippen molar-refractivity contribution in [2.24, 2.45) is 0 Å². The number of carbonyl (C=O) groups is 2. The van der Waals surface area contributed by atoms with Gasteiger partial charge in [0, 0.05) is 17.9 Å². The summed E-state index contributed by atoms with van der Waals surface area (Å²) < 4.78 is 15.7. The van der Waals surface area contributed by atoms with Gasteiger partial charge in [-0.2, -0.15) is 5.26 Å². The van der Waals surface area contributed by atoms with Crippen LogP contribution in [0.5, 0.6) is 5.75 Å². The molecule has 2 aromatic carbocycles. The van der Waals surface area contributed by atoms with E-state index in [1.807, 2.05) is 6.92 Å². The molecule has 146 valence electrons. The first-order valence-corrected chi connectivity index (χ1v) is 8.75. The van der Waals surface area contributed by atoms with Crippen LogP contribution in [-0.4, -0.2) is 32.2 Å². The van der Waals surface area contributed by atoms with Crippen LogP contribution >= 0.6 is 0 Å². The smallest absolute Gasteiger partial charge is 0.338 e. The summed E-state index contributed by atoms with van der Waals surface area (Å²) in [6, 6.07) is 13.8. The summed E-state index contributed by atoms with van der Waals surface area (Å²) in [5.41, 5.74) is 2.45. The van der Waals surface area contributed by atoms with E-state index < -0.39 is 18.5 Å². The van der Waals surface area contributed by atoms with Gasteiger partial charge in [0.2, 0.25) is 0 Å². The second-order valence-corrected chi connectivity index (χ2v) is 5.82. The molecule has 0 bridgehead atoms. The zero-order valence-corrected chi connectivity index (χ0v) is 15.9. The average molecular weight is 382 g/mol. The minimum Gasteiger partial charge on any atom is -0.496 e. The molecule has 2 aromatic rings. The van der Waals surface area contributed by atoms with Gasteiger partial charge in [0.05, 0.1) is 31.8 Å². The van der Waals surface area contributed by atoms with Crippen LogP contribution in [0.15, 0.2) is 42.5 Å². The number of methoxy groups -OCH3 is 1. The van der Waals surface area contributed by atoms with Crippen molar-refractivity contribution in [2.45, 2.75) is 20.0 Å². The minimum atomic E-state index is -0.611. The second kappa shape index (κ2) is 10.7. The summed E-state index contributed by atoms with van der Waals surface area (Å²) in [7, 11) is 1.54. The summed E-state index contributed by atoms with van der Waals surface area (Å²) in [5, 5.41) is 11.3. The molecule has 0 atom stereocenters. The van der Waals surface area contributed by atoms with Crippen LogP contribution in [-0.2, 0) is 27.3 Å². The first kappa shape index (κ1) is 20.9. The van der Waals surface area contributed by atoms with Crippen LogP contribution in [0.2, 0.25) is 0 Å². The molecule has 0 saturated heterocycles. The lowest BCUT2D eigenvalue weighted by atomic mass is 10.1. The highest BCUT2D eigenvalue weighted by Gasteiger charge is 2.13. The molecule has 0 aliphatic carbocycles. The average Bonchev–Trinajstić information content (AvgIpc) is 2.71. The maximum absolute atomic E-state index is 12.2. The van der Waals surface area contributed by atoms with Crippen LogP contribution in [0.1, 0.15) is 28.4 Å². The molecule has 1 N–H and O–H groups in total. The quantitative estimate of drug-likeness (QED) is 0.669. The van der Waals surface area contributed by atoms with Crippen molar-refractivity contribution in [3.05, 3.63) is 59.2 Å². The Morgan fingerprint density at radius 1 is 1.14 bits per heavy atom. The third-order valence-corrected chi connectivity index (χ3v) is 3.83. The van der Waals surface area contributed by atoms with Gasteiger partial charge in [-0.3, -0.25) is 4.79 Å². The third kappa shape index (κ3) is 6.11. The molecule has 0 aliphatic heterocycles. The number of nitrogens with one attached hydrogen (secondary N) is 1. The first-order valence-electron chi connectivity index (χ1n) is 8.75. The summed E-state index contributed by atoms with van der Waals surface area (Å²) in [5.74, 6) is -0.452. The van der Waals surface area contributed by atoms with E-state index in [2.05, 4.69) is 11.4 Å². The number of hydrogen-bond acceptors (Lipinski definition) is 6. The maximum atomic E-state index is 12.2. The van der Waals surface area contributed by atoms with E-state index in [0.717, 1.165) is 11.1 Å². The number of ether oxygens (including phenoxy) is 3. The molecule has 0 aliphatic rings. The van der Waals surface area contributed by atoms with Crippen molar-refractivity contribution >= 4 is 17.6 Å². The van der Waals surface area contributed by atoms with E-state index >= 15 is 0 Å². The number of hydrogen-bond donors (Lipinski definition) is 1. The number of carbonyl (C=O) groups excluding carboxylic acids is 2. The van der Waals surface area contributed by atoms with Crippen molar-refractivity contribution in [1.29, 1.82) is 5.26 Å². The highest BCUT2D eigenvalue weighted by atomic mass is 16.5. The number of nitriles is 1. The van der Waals surface area contributed by atoms with Gasteiger partial charge in [-0.1, -0.05) is 12.1 Å². The Morgan fingerprint density at radius 2 is 1.89 bits per heavy atom. The fourth-order valence-electron chi connectivity index (χ4n) is 2.44. The van der Waals surface area contributed by atoms with E-state index in [1.165, 1.54) is 0 Å². The van der Waals surface area contributed by atoms with Crippen LogP contribution < -0.4 is 10.1 Å². The zero-order chi connectivity index (χ0) is 20.4. The topological polar surface area (TPSA) is 97.6 Å². The van der Waals surface area contributed by atoms with E-state index in [1.54, 1.807) is 49.6 Å². The fourth-order valence-corrected chi connectivity index (χ4v) is 2.44. The van der Waals surface area contributed by atoms with Crippen molar-refractivity contribution in [1.82, 2.24) is 0 Å². The Bertz CT molecular complexity index is 856. The molecule has 2 rings (SSSR count). The van der Waals surface area contributed by atoms with Gasteiger partial charge in [0.15, 0.2) is 6.61 Å². The molecule has 0 heterocycles. The number of benzene rings is 2. The molecular formula is C21H22N2O5. The van der Waals surface area contributed by atoms with Gasteiger partial charge in [-0.05, 0) is 42.8 Å². The van der Waals surface area contributed by atoms with Crippen LogP contribution in [0.4, 0.5) is 5.69 Å². The van der Waals surface area contributed by atoms with Gasteiger partial charge in [-0.25, -0.2) is 4.79 Å². The number of rotatable bonds is 9. The molecule has 0 saturated carbocycles. The summed E-state index contributed by atoms with van der Waals surface area (Å²) in [6.45, 7) is 2.31. The molecule has 0 spiro atoms. The third-order valence-electron chi connectivity index (χ3n) is 3.83. The number of anilines is 1. The monoisotopic (exact) mass is 382 g/mol. The van der Waals surface area contributed by atoms with Crippen molar-refractivity contribution < 1.29 is 23.8 Å². The Hall–Kier alpha value is -3.37. The SMILES string of the molecule is CCOCc1cc(C(=O)OCC(=O)Nc2ccc(CC#N)cc2)ccc1OC. The Morgan fingerprint density at radius 3 is 2.54 bits per heavy atom. The summed E-state index contributed by atoms with van der Waals surface area (Å²) >= 11 is 0. The highest BCUT2D eigenvalue weighted by Crippen LogP contribution is 2.21. The van der Waals surface area contributed by atoms with Crippen molar-refractivity contribution in [3.63, 3.8) is 0 Å². The largest absolute Gasteiger partial charge is 0.496 e. The lowest BCUT2D eigenvalue weighted by molar-refractivity contribution is -0.119. The lowest BCUT2D eigenvalue weighted by Crippen LogP contribution is -2.21. The summed E-state index contributed by atoms with van der Waals surface area (Å²) in [6.07, 6.45) is 0.305. The normalized spacial score (nSPS) is 10.0. The van der Waals surface area contributed by atoms with E-state index in [4.69, 9.17) is 19.5 Å². The first-order chi connectivity index (χ1) is 13.6. The molecule has 7 heteroatoms. The Balaban J connectivity index is 1.92. The van der Waals surface area contributed by atoms with Gasteiger partial charge < -0.3 is 19.5 Å². The molecule has 0 unspecified atom stereocenters. The standard InChI is InChI=1S/C21H22N2O5/c1-3-27-13-17-12-16(6-9-19(17)26-2)21(25)28-14-20(24)23-18-7-4-15(5-8-18)10-11-22/h4-9,12H,3,10,13-14H2,1-2H3,(H,23,24). The molecular weight excluding hydrogens is 360 g/mol. The predicted molar refractivity (Wildman–Crippen MR) is 103 cm³/mol. The van der Waals surface area contributed by atoms with E-state index in [-0.39, 0.29) is 0 Å². The summed E-state index contributed by atoms with van der Waals surface area (Å²) in [4.78, 5) is 24.2. The predicted octanol–water partition coefficient (Wildman–Crippen LogP) is 3.09. The molecule has 0 radical (unpaired) electrons. The zero-order valence-electron chi connectivity index (χ0n) is 15.9. The number of amides is 1. The Kier molecular flexibility index (Phi) is 8.00. The molecule has 28 heavy (non-hydrogen) atoms. The Labute approximate surface area is 163 Å². The maximum Gasteiger partial charge on any atom is 0.338 e. The fraction of sp³-hybridized carbons (Fsp3) is 0.286. The van der Waals surface area contributed by atoms with Gasteiger partial charge >= 0.3 is 5.97 Å².